The zero-order valence-electron chi connectivity index (χ0n) is 23.8. The Balaban J connectivity index is 1.58. The van der Waals surface area contributed by atoms with Gasteiger partial charge in [0.1, 0.15) is 17.0 Å². The van der Waals surface area contributed by atoms with Crippen molar-refractivity contribution in [2.75, 3.05) is 24.7 Å². The number of morpholine rings is 1. The molecule has 3 N–H and O–H groups in total. The maximum absolute atomic E-state index is 14.7. The lowest BCUT2D eigenvalue weighted by Crippen LogP contribution is -2.41. The zero-order valence-corrected chi connectivity index (χ0v) is 24.5. The van der Waals surface area contributed by atoms with Crippen molar-refractivity contribution in [2.24, 2.45) is 11.8 Å². The number of nitrogens with one attached hydrogen (secondary N) is 2. The molecule has 4 aromatic rings. The highest BCUT2D eigenvalue weighted by molar-refractivity contribution is 6.30. The summed E-state index contributed by atoms with van der Waals surface area (Å²) >= 11 is 6.29. The van der Waals surface area contributed by atoms with Crippen molar-refractivity contribution < 1.29 is 19.0 Å². The van der Waals surface area contributed by atoms with Gasteiger partial charge in [-0.2, -0.15) is 4.98 Å². The summed E-state index contributed by atoms with van der Waals surface area (Å²) in [4.78, 5) is 27.8. The van der Waals surface area contributed by atoms with Crippen molar-refractivity contribution in [1.82, 2.24) is 24.8 Å². The van der Waals surface area contributed by atoms with Gasteiger partial charge in [0.05, 0.1) is 19.3 Å². The van der Waals surface area contributed by atoms with Crippen LogP contribution in [0.2, 0.25) is 5.02 Å². The van der Waals surface area contributed by atoms with Crippen molar-refractivity contribution >= 4 is 40.6 Å². The molecule has 6 rings (SSSR count). The monoisotopic (exact) mass is 605 g/mol. The molecule has 3 heterocycles. The van der Waals surface area contributed by atoms with Crippen LogP contribution in [0.1, 0.15) is 50.0 Å². The predicted octanol–water partition coefficient (Wildman–Crippen LogP) is 6.28. The number of imidazole rings is 1. The zero-order chi connectivity index (χ0) is 30.1. The van der Waals surface area contributed by atoms with E-state index in [0.29, 0.717) is 60.9 Å². The van der Waals surface area contributed by atoms with Crippen molar-refractivity contribution in [1.29, 1.82) is 5.41 Å². The van der Waals surface area contributed by atoms with E-state index in [2.05, 4.69) is 38.5 Å². The first-order chi connectivity index (χ1) is 20.8. The van der Waals surface area contributed by atoms with Crippen LogP contribution in [0.25, 0.3) is 22.4 Å². The van der Waals surface area contributed by atoms with Gasteiger partial charge in [-0.3, -0.25) is 10.7 Å². The van der Waals surface area contributed by atoms with Gasteiger partial charge in [-0.1, -0.05) is 61.7 Å². The van der Waals surface area contributed by atoms with Crippen molar-refractivity contribution in [3.63, 3.8) is 0 Å². The molecule has 224 valence electrons. The van der Waals surface area contributed by atoms with E-state index in [9.17, 15) is 14.3 Å². The van der Waals surface area contributed by atoms with Gasteiger partial charge in [0.15, 0.2) is 17.3 Å². The van der Waals surface area contributed by atoms with Crippen LogP contribution in [-0.4, -0.2) is 56.3 Å². The number of halogens is 2. The van der Waals surface area contributed by atoms with E-state index in [1.807, 2.05) is 23.5 Å². The number of amidine groups is 1. The van der Waals surface area contributed by atoms with Gasteiger partial charge in [0.25, 0.3) is 0 Å². The Morgan fingerprint density at radius 1 is 1.14 bits per heavy atom. The van der Waals surface area contributed by atoms with Gasteiger partial charge in [-0.25, -0.2) is 19.2 Å². The minimum absolute atomic E-state index is 0.108. The van der Waals surface area contributed by atoms with Gasteiger partial charge in [0, 0.05) is 23.7 Å². The lowest BCUT2D eigenvalue weighted by molar-refractivity contribution is 0.0927. The molecule has 0 unspecified atom stereocenters. The number of fused-ring (bicyclic) bond motifs is 1. The third kappa shape index (κ3) is 6.18. The Morgan fingerprint density at radius 3 is 2.63 bits per heavy atom. The molecule has 2 aromatic heterocycles. The van der Waals surface area contributed by atoms with E-state index < -0.39 is 17.7 Å². The van der Waals surface area contributed by atoms with Crippen LogP contribution in [-0.2, 0) is 11.3 Å². The minimum Gasteiger partial charge on any atom is -0.465 e. The van der Waals surface area contributed by atoms with Crippen molar-refractivity contribution in [3.05, 3.63) is 70.8 Å². The molecule has 2 aliphatic rings. The van der Waals surface area contributed by atoms with E-state index in [1.54, 1.807) is 6.07 Å². The van der Waals surface area contributed by atoms with Gasteiger partial charge in [0.2, 0.25) is 5.95 Å². The Hall–Kier alpha value is -4.09. The average molecular weight is 606 g/mol. The van der Waals surface area contributed by atoms with Crippen LogP contribution in [0, 0.1) is 23.1 Å². The second-order valence-electron chi connectivity index (χ2n) is 11.4. The molecule has 1 amide bonds. The molecule has 10 nitrogen and oxygen atoms in total. The molecule has 1 saturated carbocycles. The van der Waals surface area contributed by atoms with Crippen LogP contribution in [0.5, 0.6) is 0 Å². The van der Waals surface area contributed by atoms with Crippen molar-refractivity contribution in [3.8, 4) is 11.3 Å². The summed E-state index contributed by atoms with van der Waals surface area (Å²) in [6, 6.07) is 14.1. The number of hydrogen-bond acceptors (Lipinski definition) is 7. The normalized spacial score (nSPS) is 20.7. The number of carboxylic acid groups (broad SMARTS) is 1. The summed E-state index contributed by atoms with van der Waals surface area (Å²) in [5.74, 6) is 0.525. The lowest BCUT2D eigenvalue weighted by Gasteiger charge is -2.37. The molecule has 1 saturated heterocycles. The smallest absolute Gasteiger partial charge is 0.410 e. The summed E-state index contributed by atoms with van der Waals surface area (Å²) in [5, 5.41) is 19.8. The van der Waals surface area contributed by atoms with Crippen LogP contribution < -0.4 is 10.2 Å². The quantitative estimate of drug-likeness (QED) is 0.174. The number of anilines is 1. The SMILES string of the molecule is C[C@H]1CC[C@H](Cn2c(N3CCOC[C@H]3c3ccccc3)nc3nc(C(=N)NC(=O)O)nc(-c4cc(F)cc(Cl)c4)c32)CC1. The first-order valence-electron chi connectivity index (χ1n) is 14.5. The van der Waals surface area contributed by atoms with Gasteiger partial charge in [-0.05, 0) is 48.4 Å². The maximum atomic E-state index is 14.7. The Kier molecular flexibility index (Phi) is 8.27. The Bertz CT molecular complexity index is 1640. The third-order valence-corrected chi connectivity index (χ3v) is 8.54. The fraction of sp³-hybridized carbons (Fsp3) is 0.387. The molecule has 0 spiro atoms. The fourth-order valence-corrected chi connectivity index (χ4v) is 6.37. The van der Waals surface area contributed by atoms with Gasteiger partial charge < -0.3 is 19.3 Å². The standard InChI is InChI=1S/C31H33ClFN7O3/c1-18-7-9-19(10-8-18)16-40-26-25(21-13-22(32)15-23(33)14-21)35-29(27(34)36-31(41)42)37-28(26)38-30(40)39-11-12-43-17-24(39)20-5-3-2-4-6-20/h2-6,13-15,18-19,24H,7-12,16-17H2,1H3,(H2,34,36)(H,41,42)/t18-,19-,24-/m0/s1. The number of ether oxygens (including phenoxy) is 1. The third-order valence-electron chi connectivity index (χ3n) is 8.32. The average Bonchev–Trinajstić information content (AvgIpc) is 3.35. The summed E-state index contributed by atoms with van der Waals surface area (Å²) in [6.07, 6.45) is 3.00. The molecule has 0 bridgehead atoms. The van der Waals surface area contributed by atoms with Crippen LogP contribution in [0.3, 0.4) is 0 Å². The largest absolute Gasteiger partial charge is 0.465 e. The van der Waals surface area contributed by atoms with Crippen LogP contribution in [0.4, 0.5) is 15.1 Å². The van der Waals surface area contributed by atoms with E-state index in [4.69, 9.17) is 26.7 Å². The van der Waals surface area contributed by atoms with E-state index >= 15 is 0 Å². The number of aromatic nitrogens is 4. The Morgan fingerprint density at radius 2 is 1.91 bits per heavy atom. The molecule has 2 aromatic carbocycles. The molecule has 2 fully saturated rings. The number of rotatable bonds is 6. The highest BCUT2D eigenvalue weighted by atomic mass is 35.5. The second-order valence-corrected chi connectivity index (χ2v) is 11.8. The topological polar surface area (TPSA) is 129 Å². The molecular formula is C31H33ClFN7O3. The minimum atomic E-state index is -1.42. The molecule has 43 heavy (non-hydrogen) atoms. The highest BCUT2D eigenvalue weighted by Crippen LogP contribution is 2.38. The van der Waals surface area contributed by atoms with Crippen molar-refractivity contribution in [2.45, 2.75) is 45.2 Å². The molecule has 1 atom stereocenters. The number of amides is 1. The van der Waals surface area contributed by atoms with Crippen LogP contribution >= 0.6 is 11.6 Å². The second kappa shape index (κ2) is 12.3. The van der Waals surface area contributed by atoms with Gasteiger partial charge >= 0.3 is 6.09 Å². The van der Waals surface area contributed by atoms with E-state index in [1.165, 1.54) is 12.1 Å². The number of nitrogens with zero attached hydrogens (tertiary/aromatic N) is 5. The van der Waals surface area contributed by atoms with Gasteiger partial charge in [-0.15, -0.1) is 0 Å². The summed E-state index contributed by atoms with van der Waals surface area (Å²) in [5.41, 5.74) is 2.66. The molecule has 0 radical (unpaired) electrons. The number of carbonyl (C=O) groups is 1. The van der Waals surface area contributed by atoms with Crippen LogP contribution in [0.15, 0.2) is 48.5 Å². The Labute approximate surface area is 253 Å². The first kappa shape index (κ1) is 29.0. The molecule has 1 aliphatic carbocycles. The predicted molar refractivity (Wildman–Crippen MR) is 162 cm³/mol. The summed E-state index contributed by atoms with van der Waals surface area (Å²) in [7, 11) is 0. The maximum Gasteiger partial charge on any atom is 0.410 e. The van der Waals surface area contributed by atoms with E-state index in [-0.39, 0.29) is 22.5 Å². The molecule has 1 aliphatic heterocycles. The summed E-state index contributed by atoms with van der Waals surface area (Å²) < 4.78 is 22.7. The highest BCUT2D eigenvalue weighted by Gasteiger charge is 2.32. The molecule has 12 heteroatoms. The summed E-state index contributed by atoms with van der Waals surface area (Å²) in [6.45, 7) is 4.52. The lowest BCUT2D eigenvalue weighted by atomic mass is 9.83. The first-order valence-corrected chi connectivity index (χ1v) is 14.9. The number of benzene rings is 2. The fourth-order valence-electron chi connectivity index (χ4n) is 6.15. The molecular weight excluding hydrogens is 573 g/mol. The number of hydrogen-bond donors (Lipinski definition) is 3. The van der Waals surface area contributed by atoms with E-state index in [0.717, 1.165) is 31.2 Å².